The molecule has 0 aliphatic carbocycles. The molecule has 10 nitrogen and oxygen atoms in total. The number of anilines is 1. The van der Waals surface area contributed by atoms with Crippen LogP contribution in [0.4, 0.5) is 19.1 Å². The molecule has 3 atom stereocenters. The molecule has 0 saturated carbocycles. The maximum absolute atomic E-state index is 13.1. The molecule has 2 aliphatic rings. The maximum Gasteiger partial charge on any atom is 0.403 e. The van der Waals surface area contributed by atoms with E-state index in [1.807, 2.05) is 10.3 Å². The fraction of sp³-hybridized carbons (Fsp3) is 0.684. The van der Waals surface area contributed by atoms with Crippen molar-refractivity contribution in [2.24, 2.45) is 5.92 Å². The van der Waals surface area contributed by atoms with Crippen LogP contribution in [-0.4, -0.2) is 91.0 Å². The molecule has 2 N–H and O–H groups in total. The van der Waals surface area contributed by atoms with E-state index in [0.29, 0.717) is 37.1 Å². The van der Waals surface area contributed by atoms with E-state index in [4.69, 9.17) is 21.1 Å². The molecule has 3 heterocycles. The topological polar surface area (TPSA) is 109 Å². The van der Waals surface area contributed by atoms with Crippen LogP contribution < -0.4 is 15.8 Å². The zero-order valence-corrected chi connectivity index (χ0v) is 18.7. The van der Waals surface area contributed by atoms with Crippen molar-refractivity contribution in [2.45, 2.75) is 31.7 Å². The summed E-state index contributed by atoms with van der Waals surface area (Å²) < 4.78 is 50.2. The Morgan fingerprint density at radius 1 is 1.27 bits per heavy atom. The van der Waals surface area contributed by atoms with Crippen LogP contribution in [0.25, 0.3) is 0 Å². The molecule has 0 aromatic carbocycles. The Kier molecular flexibility index (Phi) is 8.68. The van der Waals surface area contributed by atoms with Crippen molar-refractivity contribution in [3.63, 3.8) is 0 Å². The van der Waals surface area contributed by atoms with Gasteiger partial charge in [-0.25, -0.2) is 15.4 Å². The van der Waals surface area contributed by atoms with Gasteiger partial charge in [0.1, 0.15) is 0 Å². The molecule has 2 unspecified atom stereocenters. The summed E-state index contributed by atoms with van der Waals surface area (Å²) in [5.74, 6) is -2.95. The SMILES string of the molecule is C[C@@H](COC1CNNC(=O)C1C(F)(F)F)OCCC(=O)N1CCN(c2ncc(Cl)cn2)CC1. The average molecular weight is 495 g/mol. The monoisotopic (exact) mass is 494 g/mol. The molecule has 1 aromatic rings. The van der Waals surface area contributed by atoms with Gasteiger partial charge in [0.15, 0.2) is 5.92 Å². The van der Waals surface area contributed by atoms with Crippen LogP contribution in [0.5, 0.6) is 0 Å². The van der Waals surface area contributed by atoms with E-state index >= 15 is 0 Å². The van der Waals surface area contributed by atoms with Gasteiger partial charge in [-0.1, -0.05) is 11.6 Å². The average Bonchev–Trinajstić information content (AvgIpc) is 2.77. The molecule has 0 bridgehead atoms. The van der Waals surface area contributed by atoms with Crippen LogP contribution in [0.2, 0.25) is 5.02 Å². The lowest BCUT2D eigenvalue weighted by molar-refractivity contribution is -0.215. The number of rotatable bonds is 8. The number of aromatic nitrogens is 2. The zero-order valence-electron chi connectivity index (χ0n) is 18.0. The number of hydrazine groups is 1. The molecule has 0 radical (unpaired) electrons. The lowest BCUT2D eigenvalue weighted by atomic mass is 9.99. The second-order valence-electron chi connectivity index (χ2n) is 7.76. The molecule has 2 saturated heterocycles. The van der Waals surface area contributed by atoms with Crippen molar-refractivity contribution in [1.82, 2.24) is 25.7 Å². The molecular weight excluding hydrogens is 469 g/mol. The predicted octanol–water partition coefficient (Wildman–Crippen LogP) is 0.772. The molecule has 184 valence electrons. The molecular formula is C19H26ClF3N6O4. The molecule has 2 aliphatic heterocycles. The van der Waals surface area contributed by atoms with Gasteiger partial charge in [0.2, 0.25) is 17.8 Å². The second kappa shape index (κ2) is 11.3. The standard InChI is InChI=1S/C19H26ClF3N6O4/c1-12(11-33-14-10-26-27-17(31)16(14)19(21,22)23)32-7-2-15(30)28-3-5-29(6-4-28)18-24-8-13(20)9-25-18/h8-9,12,14,16,26H,2-7,10-11H2,1H3,(H,27,31)/t12-,14?,16?/m0/s1. The van der Waals surface area contributed by atoms with Gasteiger partial charge in [0.05, 0.1) is 49.3 Å². The van der Waals surface area contributed by atoms with Gasteiger partial charge < -0.3 is 19.3 Å². The highest BCUT2D eigenvalue weighted by molar-refractivity contribution is 6.30. The number of hydrogen-bond acceptors (Lipinski definition) is 8. The first-order valence-electron chi connectivity index (χ1n) is 10.5. The summed E-state index contributed by atoms with van der Waals surface area (Å²) >= 11 is 5.80. The Morgan fingerprint density at radius 2 is 1.94 bits per heavy atom. The minimum atomic E-state index is -4.71. The van der Waals surface area contributed by atoms with E-state index in [2.05, 4.69) is 15.4 Å². The number of amides is 2. The quantitative estimate of drug-likeness (QED) is 0.545. The Bertz CT molecular complexity index is 808. The van der Waals surface area contributed by atoms with E-state index in [0.717, 1.165) is 0 Å². The fourth-order valence-corrected chi connectivity index (χ4v) is 3.65. The van der Waals surface area contributed by atoms with Crippen LogP contribution in [0.1, 0.15) is 13.3 Å². The third-order valence-electron chi connectivity index (χ3n) is 5.31. The Labute approximate surface area is 193 Å². The fourth-order valence-electron chi connectivity index (χ4n) is 3.56. The van der Waals surface area contributed by atoms with Crippen molar-refractivity contribution in [3.8, 4) is 0 Å². The van der Waals surface area contributed by atoms with E-state index < -0.39 is 30.2 Å². The molecule has 2 amide bonds. The maximum atomic E-state index is 13.1. The normalized spacial score (nSPS) is 22.8. The van der Waals surface area contributed by atoms with Crippen LogP contribution >= 0.6 is 11.6 Å². The number of hydrogen-bond donors (Lipinski definition) is 2. The summed E-state index contributed by atoms with van der Waals surface area (Å²) in [7, 11) is 0. The number of nitrogens with zero attached hydrogens (tertiary/aromatic N) is 4. The lowest BCUT2D eigenvalue weighted by Gasteiger charge is -2.34. The van der Waals surface area contributed by atoms with Gasteiger partial charge in [-0.15, -0.1) is 0 Å². The molecule has 33 heavy (non-hydrogen) atoms. The van der Waals surface area contributed by atoms with E-state index in [1.54, 1.807) is 11.8 Å². The Morgan fingerprint density at radius 3 is 2.58 bits per heavy atom. The van der Waals surface area contributed by atoms with Crippen molar-refractivity contribution < 1.29 is 32.2 Å². The van der Waals surface area contributed by atoms with E-state index in [9.17, 15) is 22.8 Å². The third-order valence-corrected chi connectivity index (χ3v) is 5.50. The van der Waals surface area contributed by atoms with E-state index in [-0.39, 0.29) is 32.1 Å². The van der Waals surface area contributed by atoms with Gasteiger partial charge >= 0.3 is 6.18 Å². The van der Waals surface area contributed by atoms with Crippen molar-refractivity contribution in [3.05, 3.63) is 17.4 Å². The van der Waals surface area contributed by atoms with Gasteiger partial charge in [-0.2, -0.15) is 13.2 Å². The first kappa shape index (κ1) is 25.4. The second-order valence-corrected chi connectivity index (χ2v) is 8.20. The van der Waals surface area contributed by atoms with Crippen molar-refractivity contribution in [2.75, 3.05) is 50.8 Å². The summed E-state index contributed by atoms with van der Waals surface area (Å²) in [6.07, 6.45) is -3.43. The highest BCUT2D eigenvalue weighted by atomic mass is 35.5. The van der Waals surface area contributed by atoms with Crippen LogP contribution in [0.3, 0.4) is 0 Å². The largest absolute Gasteiger partial charge is 0.403 e. The summed E-state index contributed by atoms with van der Waals surface area (Å²) in [6, 6.07) is 0. The minimum Gasteiger partial charge on any atom is -0.376 e. The summed E-state index contributed by atoms with van der Waals surface area (Å²) in [5, 5.41) is 0.452. The van der Waals surface area contributed by atoms with Crippen LogP contribution in [0, 0.1) is 5.92 Å². The van der Waals surface area contributed by atoms with Gasteiger partial charge in [-0.3, -0.25) is 15.0 Å². The van der Waals surface area contributed by atoms with E-state index in [1.165, 1.54) is 12.4 Å². The van der Waals surface area contributed by atoms with Crippen LogP contribution in [0.15, 0.2) is 12.4 Å². The molecule has 3 rings (SSSR count). The highest BCUT2D eigenvalue weighted by Crippen LogP contribution is 2.31. The number of halogens is 4. The molecule has 2 fully saturated rings. The predicted molar refractivity (Wildman–Crippen MR) is 111 cm³/mol. The first-order valence-corrected chi connectivity index (χ1v) is 10.9. The van der Waals surface area contributed by atoms with Gasteiger partial charge in [0.25, 0.3) is 0 Å². The number of piperazine rings is 1. The summed E-state index contributed by atoms with van der Waals surface area (Å²) in [5.41, 5.74) is 4.36. The smallest absolute Gasteiger partial charge is 0.376 e. The number of ether oxygens (including phenoxy) is 2. The number of carbonyl (C=O) groups excluding carboxylic acids is 2. The molecule has 0 spiro atoms. The zero-order chi connectivity index (χ0) is 24.0. The Balaban J connectivity index is 1.35. The Hall–Kier alpha value is -2.22. The lowest BCUT2D eigenvalue weighted by Crippen LogP contribution is -2.60. The summed E-state index contributed by atoms with van der Waals surface area (Å²) in [4.78, 5) is 36.0. The van der Waals surface area contributed by atoms with Crippen molar-refractivity contribution in [1.29, 1.82) is 0 Å². The van der Waals surface area contributed by atoms with Gasteiger partial charge in [0, 0.05) is 32.7 Å². The number of alkyl halides is 3. The number of carbonyl (C=O) groups is 2. The molecule has 1 aromatic heterocycles. The first-order chi connectivity index (χ1) is 15.6. The summed E-state index contributed by atoms with van der Waals surface area (Å²) in [6.45, 7) is 3.63. The van der Waals surface area contributed by atoms with Crippen molar-refractivity contribution >= 4 is 29.4 Å². The van der Waals surface area contributed by atoms with Gasteiger partial charge in [-0.05, 0) is 6.92 Å². The van der Waals surface area contributed by atoms with Crippen LogP contribution in [-0.2, 0) is 19.1 Å². The minimum absolute atomic E-state index is 0.0786. The number of nitrogens with one attached hydrogen (secondary N) is 2. The molecule has 14 heteroatoms. The third kappa shape index (κ3) is 7.13. The highest BCUT2D eigenvalue weighted by Gasteiger charge is 2.52.